The van der Waals surface area contributed by atoms with Gasteiger partial charge in [0.15, 0.2) is 0 Å². The Hall–Kier alpha value is -1.06. The van der Waals surface area contributed by atoms with Crippen LogP contribution in [0.4, 0.5) is 0 Å². The highest BCUT2D eigenvalue weighted by Crippen LogP contribution is 2.43. The fourth-order valence-electron chi connectivity index (χ4n) is 3.63. The first kappa shape index (κ1) is 16.8. The Morgan fingerprint density at radius 2 is 2.04 bits per heavy atom. The van der Waals surface area contributed by atoms with Gasteiger partial charge in [0.25, 0.3) is 0 Å². The fraction of sp³-hybridized carbons (Fsp3) is 0.700. The van der Waals surface area contributed by atoms with Gasteiger partial charge in [-0.05, 0) is 63.0 Å². The summed E-state index contributed by atoms with van der Waals surface area (Å²) in [7, 11) is 0. The molecule has 2 aliphatic rings. The van der Waals surface area contributed by atoms with Crippen molar-refractivity contribution in [1.29, 1.82) is 0 Å². The molecular weight excluding hydrogens is 288 g/mol. The van der Waals surface area contributed by atoms with Gasteiger partial charge in [0.1, 0.15) is 5.76 Å². The van der Waals surface area contributed by atoms with Crippen LogP contribution in [0.15, 0.2) is 28.9 Å². The number of aryl methyl sites for hydroxylation is 1. The Morgan fingerprint density at radius 3 is 2.78 bits per heavy atom. The molecule has 1 aliphatic carbocycles. The number of hydrogen-bond acceptors (Lipinski definition) is 3. The van der Waals surface area contributed by atoms with Crippen LogP contribution in [0.3, 0.4) is 0 Å². The number of fused-ring (bicyclic) bond motifs is 3. The summed E-state index contributed by atoms with van der Waals surface area (Å²) in [6.45, 7) is 8.55. The number of aliphatic hydroxyl groups is 1. The van der Waals surface area contributed by atoms with Crippen molar-refractivity contribution in [2.45, 2.75) is 77.1 Å². The van der Waals surface area contributed by atoms with E-state index in [1.54, 1.807) is 0 Å². The summed E-state index contributed by atoms with van der Waals surface area (Å²) in [5.74, 6) is 2.06. The number of hydrogen-bond donors (Lipinski definition) is 1. The Labute approximate surface area is 139 Å². The van der Waals surface area contributed by atoms with E-state index in [0.29, 0.717) is 11.8 Å². The molecule has 4 atom stereocenters. The van der Waals surface area contributed by atoms with Gasteiger partial charge in [0, 0.05) is 6.42 Å². The summed E-state index contributed by atoms with van der Waals surface area (Å²) in [5, 5.41) is 10.6. The van der Waals surface area contributed by atoms with Crippen molar-refractivity contribution in [2.24, 2.45) is 11.8 Å². The molecule has 3 rings (SSSR count). The van der Waals surface area contributed by atoms with Gasteiger partial charge >= 0.3 is 0 Å². The molecular formula is C20H30O3. The summed E-state index contributed by atoms with van der Waals surface area (Å²) in [4.78, 5) is 0. The topological polar surface area (TPSA) is 45.9 Å². The van der Waals surface area contributed by atoms with Crippen LogP contribution in [-0.4, -0.2) is 22.4 Å². The van der Waals surface area contributed by atoms with Crippen molar-refractivity contribution in [3.8, 4) is 0 Å². The van der Waals surface area contributed by atoms with Crippen LogP contribution in [0.25, 0.3) is 0 Å². The molecule has 0 unspecified atom stereocenters. The molecule has 3 heteroatoms. The van der Waals surface area contributed by atoms with Gasteiger partial charge < -0.3 is 14.3 Å². The smallest absolute Gasteiger partial charge is 0.107 e. The number of allylic oxidation sites excluding steroid dienone is 1. The standard InChI is InChI=1S/C20H30O3/c1-14(2)16-6-5-15-11-17(22-13-15)12-20(4)18(23-20)8-10-19(3,21)9-7-16/h7,9,11,13-14,16,18,21H,5-6,8,10,12H2,1-4H3/b9-7-/t16-,18+,19-,20+/m1/s1. The van der Waals surface area contributed by atoms with Crippen molar-refractivity contribution < 1.29 is 14.3 Å². The molecule has 0 aromatic carbocycles. The van der Waals surface area contributed by atoms with Crippen LogP contribution in [-0.2, 0) is 17.6 Å². The molecule has 2 heterocycles. The molecule has 0 saturated carbocycles. The molecule has 0 spiro atoms. The van der Waals surface area contributed by atoms with E-state index >= 15 is 0 Å². The minimum atomic E-state index is -0.752. The highest BCUT2D eigenvalue weighted by Gasteiger charge is 2.52. The highest BCUT2D eigenvalue weighted by atomic mass is 16.6. The lowest BCUT2D eigenvalue weighted by Crippen LogP contribution is -2.23. The summed E-state index contributed by atoms with van der Waals surface area (Å²) in [6, 6.07) is 2.19. The van der Waals surface area contributed by atoms with Crippen molar-refractivity contribution in [3.63, 3.8) is 0 Å². The number of epoxide rings is 1. The third kappa shape index (κ3) is 4.07. The molecule has 1 N–H and O–H groups in total. The molecule has 3 nitrogen and oxygen atoms in total. The quantitative estimate of drug-likeness (QED) is 0.621. The average Bonchev–Trinajstić information content (AvgIpc) is 2.87. The lowest BCUT2D eigenvalue weighted by molar-refractivity contribution is 0.0955. The maximum absolute atomic E-state index is 10.6. The minimum Gasteiger partial charge on any atom is -0.469 e. The first-order valence-electron chi connectivity index (χ1n) is 8.93. The maximum Gasteiger partial charge on any atom is 0.107 e. The van der Waals surface area contributed by atoms with Crippen molar-refractivity contribution in [1.82, 2.24) is 0 Å². The summed E-state index contributed by atoms with van der Waals surface area (Å²) < 4.78 is 11.6. The van der Waals surface area contributed by atoms with Gasteiger partial charge in [-0.2, -0.15) is 0 Å². The van der Waals surface area contributed by atoms with E-state index in [2.05, 4.69) is 32.9 Å². The van der Waals surface area contributed by atoms with E-state index in [0.717, 1.165) is 37.9 Å². The lowest BCUT2D eigenvalue weighted by Gasteiger charge is -2.22. The maximum atomic E-state index is 10.6. The van der Waals surface area contributed by atoms with Gasteiger partial charge in [0.05, 0.1) is 23.6 Å². The first-order valence-corrected chi connectivity index (χ1v) is 8.93. The minimum absolute atomic E-state index is 0.125. The Morgan fingerprint density at radius 1 is 1.26 bits per heavy atom. The zero-order valence-corrected chi connectivity index (χ0v) is 14.8. The van der Waals surface area contributed by atoms with E-state index in [-0.39, 0.29) is 11.7 Å². The Balaban J connectivity index is 1.80. The second kappa shape index (κ2) is 6.10. The van der Waals surface area contributed by atoms with Gasteiger partial charge in [-0.3, -0.25) is 0 Å². The zero-order chi connectivity index (χ0) is 16.7. The van der Waals surface area contributed by atoms with Gasteiger partial charge in [0.2, 0.25) is 0 Å². The van der Waals surface area contributed by atoms with Crippen molar-refractivity contribution in [3.05, 3.63) is 35.8 Å². The molecule has 23 heavy (non-hydrogen) atoms. The Kier molecular flexibility index (Phi) is 4.45. The van der Waals surface area contributed by atoms with Crippen LogP contribution < -0.4 is 0 Å². The molecule has 0 amide bonds. The highest BCUT2D eigenvalue weighted by molar-refractivity contribution is 5.18. The normalized spacial score (nSPS) is 39.6. The van der Waals surface area contributed by atoms with Crippen LogP contribution >= 0.6 is 0 Å². The third-order valence-corrected chi connectivity index (χ3v) is 5.51. The second-order valence-corrected chi connectivity index (χ2v) is 8.22. The van der Waals surface area contributed by atoms with E-state index in [1.165, 1.54) is 5.56 Å². The predicted octanol–water partition coefficient (Wildman–Crippen LogP) is 4.29. The van der Waals surface area contributed by atoms with Gasteiger partial charge in [-0.15, -0.1) is 0 Å². The third-order valence-electron chi connectivity index (χ3n) is 5.51. The van der Waals surface area contributed by atoms with Crippen LogP contribution in [0.5, 0.6) is 0 Å². The molecule has 1 aromatic rings. The van der Waals surface area contributed by atoms with Gasteiger partial charge in [-0.1, -0.05) is 26.0 Å². The SMILES string of the molecule is CC(C)[C@H]1/C=C\[C@@](C)(O)CC[C@@H]2O[C@@]2(C)Cc2cc(co2)CC1. The zero-order valence-electron chi connectivity index (χ0n) is 14.8. The van der Waals surface area contributed by atoms with Crippen LogP contribution in [0.2, 0.25) is 0 Å². The number of rotatable bonds is 1. The summed E-state index contributed by atoms with van der Waals surface area (Å²) >= 11 is 0. The van der Waals surface area contributed by atoms with Crippen LogP contribution in [0, 0.1) is 11.8 Å². The van der Waals surface area contributed by atoms with E-state index < -0.39 is 5.60 Å². The summed E-state index contributed by atoms with van der Waals surface area (Å²) in [6.07, 6.45) is 10.9. The summed E-state index contributed by atoms with van der Waals surface area (Å²) in [5.41, 5.74) is 0.390. The van der Waals surface area contributed by atoms with E-state index in [9.17, 15) is 5.11 Å². The molecule has 0 radical (unpaired) electrons. The predicted molar refractivity (Wildman–Crippen MR) is 91.3 cm³/mol. The average molecular weight is 318 g/mol. The monoisotopic (exact) mass is 318 g/mol. The molecule has 2 bridgehead atoms. The van der Waals surface area contributed by atoms with E-state index in [1.807, 2.05) is 19.3 Å². The van der Waals surface area contributed by atoms with Crippen LogP contribution in [0.1, 0.15) is 58.3 Å². The van der Waals surface area contributed by atoms with Crippen molar-refractivity contribution >= 4 is 0 Å². The Bertz CT molecular complexity index is 569. The molecule has 1 aliphatic heterocycles. The number of furan rings is 1. The first-order chi connectivity index (χ1) is 10.8. The second-order valence-electron chi connectivity index (χ2n) is 8.22. The molecule has 1 aromatic heterocycles. The lowest BCUT2D eigenvalue weighted by atomic mass is 9.86. The molecule has 1 saturated heterocycles. The number of ether oxygens (including phenoxy) is 1. The van der Waals surface area contributed by atoms with E-state index in [4.69, 9.17) is 9.15 Å². The van der Waals surface area contributed by atoms with Crippen molar-refractivity contribution in [2.75, 3.05) is 0 Å². The van der Waals surface area contributed by atoms with Gasteiger partial charge in [-0.25, -0.2) is 0 Å². The largest absolute Gasteiger partial charge is 0.469 e. The molecule has 128 valence electrons. The fourth-order valence-corrected chi connectivity index (χ4v) is 3.63. The molecule has 1 fully saturated rings.